The maximum atomic E-state index is 11.4. The molecule has 1 aliphatic heterocycles. The molecular formula is C5H9N7O. The standard InChI is InChI=1S/C5H9N7O/c6-5-11(7)3-2(9-1-10-3)4(13)12(5)8/h1,5H,6-8H2,(H,9,10). The molecule has 0 fully saturated rings. The molecule has 1 unspecified atom stereocenters. The van der Waals surface area contributed by atoms with Gasteiger partial charge in [-0.05, 0) is 0 Å². The third-order valence-electron chi connectivity index (χ3n) is 1.88. The smallest absolute Gasteiger partial charge is 0.291 e. The van der Waals surface area contributed by atoms with Crippen LogP contribution in [0.15, 0.2) is 6.33 Å². The first-order chi connectivity index (χ1) is 6.13. The summed E-state index contributed by atoms with van der Waals surface area (Å²) in [7, 11) is 0. The van der Waals surface area contributed by atoms with Crippen LogP contribution in [-0.2, 0) is 0 Å². The van der Waals surface area contributed by atoms with Crippen molar-refractivity contribution in [1.82, 2.24) is 15.0 Å². The average molecular weight is 183 g/mol. The molecule has 7 N–H and O–H groups in total. The quantitative estimate of drug-likeness (QED) is 0.263. The Morgan fingerprint density at radius 2 is 2.15 bits per heavy atom. The largest absolute Gasteiger partial charge is 0.339 e. The number of nitrogens with zero attached hydrogens (tertiary/aromatic N) is 3. The molecule has 70 valence electrons. The molecule has 8 nitrogen and oxygen atoms in total. The molecule has 0 aliphatic carbocycles. The number of hydrogen-bond acceptors (Lipinski definition) is 6. The van der Waals surface area contributed by atoms with Crippen LogP contribution >= 0.6 is 0 Å². The highest BCUT2D eigenvalue weighted by atomic mass is 16.2. The molecule has 0 aromatic carbocycles. The Kier molecular flexibility index (Phi) is 1.49. The molecule has 1 amide bonds. The summed E-state index contributed by atoms with van der Waals surface area (Å²) in [6.07, 6.45) is 0.470. The van der Waals surface area contributed by atoms with Gasteiger partial charge in [0, 0.05) is 0 Å². The van der Waals surface area contributed by atoms with E-state index in [1.807, 2.05) is 0 Å². The minimum atomic E-state index is -0.886. The Balaban J connectivity index is 2.52. The van der Waals surface area contributed by atoms with E-state index in [-0.39, 0.29) is 5.69 Å². The van der Waals surface area contributed by atoms with E-state index in [0.717, 1.165) is 10.0 Å². The van der Waals surface area contributed by atoms with Crippen molar-refractivity contribution in [2.24, 2.45) is 17.4 Å². The lowest BCUT2D eigenvalue weighted by atomic mass is 10.3. The molecule has 0 radical (unpaired) electrons. The zero-order chi connectivity index (χ0) is 9.59. The first-order valence-corrected chi connectivity index (χ1v) is 3.54. The fourth-order valence-electron chi connectivity index (χ4n) is 1.15. The second kappa shape index (κ2) is 2.42. The number of rotatable bonds is 0. The first kappa shape index (κ1) is 7.98. The number of nitrogens with two attached hydrogens (primary N) is 3. The molecule has 1 aliphatic rings. The van der Waals surface area contributed by atoms with Crippen LogP contribution in [0.2, 0.25) is 0 Å². The number of fused-ring (bicyclic) bond motifs is 1. The van der Waals surface area contributed by atoms with Crippen LogP contribution in [0, 0.1) is 0 Å². The van der Waals surface area contributed by atoms with E-state index in [2.05, 4.69) is 9.97 Å². The minimum absolute atomic E-state index is 0.242. The maximum Gasteiger partial charge on any atom is 0.291 e. The average Bonchev–Trinajstić information content (AvgIpc) is 2.59. The molecule has 0 bridgehead atoms. The second-order valence-electron chi connectivity index (χ2n) is 2.63. The zero-order valence-corrected chi connectivity index (χ0v) is 6.64. The van der Waals surface area contributed by atoms with Crippen molar-refractivity contribution >= 4 is 11.7 Å². The van der Waals surface area contributed by atoms with Crippen LogP contribution in [0.4, 0.5) is 5.82 Å². The van der Waals surface area contributed by atoms with Gasteiger partial charge in [-0.1, -0.05) is 0 Å². The molecule has 2 heterocycles. The summed E-state index contributed by atoms with van der Waals surface area (Å²) >= 11 is 0. The van der Waals surface area contributed by atoms with E-state index in [0.29, 0.717) is 5.82 Å². The predicted octanol–water partition coefficient (Wildman–Crippen LogP) is -2.34. The van der Waals surface area contributed by atoms with Gasteiger partial charge in [0.25, 0.3) is 5.91 Å². The van der Waals surface area contributed by atoms with E-state index >= 15 is 0 Å². The van der Waals surface area contributed by atoms with Crippen molar-refractivity contribution in [2.45, 2.75) is 6.29 Å². The summed E-state index contributed by atoms with van der Waals surface area (Å²) in [6.45, 7) is 0. The Morgan fingerprint density at radius 3 is 2.85 bits per heavy atom. The Labute approximate surface area is 73.2 Å². The number of H-pyrrole nitrogens is 1. The van der Waals surface area contributed by atoms with E-state index in [4.69, 9.17) is 17.4 Å². The van der Waals surface area contributed by atoms with Crippen molar-refractivity contribution in [3.05, 3.63) is 12.0 Å². The Bertz CT molecular complexity index is 346. The number of carbonyl (C=O) groups excluding carboxylic acids is 1. The van der Waals surface area contributed by atoms with Gasteiger partial charge in [0.15, 0.2) is 17.8 Å². The summed E-state index contributed by atoms with van der Waals surface area (Å²) in [4.78, 5) is 17.9. The number of aromatic nitrogens is 2. The lowest BCUT2D eigenvalue weighted by Gasteiger charge is -2.35. The molecular weight excluding hydrogens is 174 g/mol. The number of aromatic amines is 1. The van der Waals surface area contributed by atoms with Crippen LogP contribution in [0.5, 0.6) is 0 Å². The van der Waals surface area contributed by atoms with Crippen molar-refractivity contribution in [3.8, 4) is 0 Å². The van der Waals surface area contributed by atoms with E-state index in [1.165, 1.54) is 6.33 Å². The number of hydrogen-bond donors (Lipinski definition) is 4. The van der Waals surface area contributed by atoms with Crippen LogP contribution in [0.3, 0.4) is 0 Å². The van der Waals surface area contributed by atoms with Gasteiger partial charge in [0.1, 0.15) is 0 Å². The number of anilines is 1. The van der Waals surface area contributed by atoms with Crippen molar-refractivity contribution in [3.63, 3.8) is 0 Å². The van der Waals surface area contributed by atoms with Crippen molar-refractivity contribution in [1.29, 1.82) is 0 Å². The van der Waals surface area contributed by atoms with Gasteiger partial charge >= 0.3 is 0 Å². The van der Waals surface area contributed by atoms with Gasteiger partial charge in [0.2, 0.25) is 0 Å². The van der Waals surface area contributed by atoms with E-state index in [1.54, 1.807) is 0 Å². The highest BCUT2D eigenvalue weighted by Crippen LogP contribution is 2.20. The second-order valence-corrected chi connectivity index (χ2v) is 2.63. The summed E-state index contributed by atoms with van der Waals surface area (Å²) in [5, 5.41) is 1.95. The molecule has 0 saturated carbocycles. The van der Waals surface area contributed by atoms with Crippen molar-refractivity contribution in [2.75, 3.05) is 5.01 Å². The molecule has 13 heavy (non-hydrogen) atoms. The predicted molar refractivity (Wildman–Crippen MR) is 43.6 cm³/mol. The highest BCUT2D eigenvalue weighted by molar-refractivity contribution is 5.98. The Hall–Kier alpha value is -1.64. The topological polar surface area (TPSA) is 130 Å². The van der Waals surface area contributed by atoms with Crippen LogP contribution in [0.1, 0.15) is 10.5 Å². The van der Waals surface area contributed by atoms with Crippen LogP contribution in [0.25, 0.3) is 0 Å². The van der Waals surface area contributed by atoms with Gasteiger partial charge in [-0.3, -0.25) is 15.5 Å². The fraction of sp³-hybridized carbons (Fsp3) is 0.200. The number of amides is 1. The molecule has 1 atom stereocenters. The number of imidazole rings is 1. The van der Waals surface area contributed by atoms with E-state index in [9.17, 15) is 4.79 Å². The van der Waals surface area contributed by atoms with E-state index < -0.39 is 12.2 Å². The van der Waals surface area contributed by atoms with Gasteiger partial charge in [0.05, 0.1) is 6.33 Å². The molecule has 0 spiro atoms. The van der Waals surface area contributed by atoms with Gasteiger partial charge in [-0.25, -0.2) is 21.7 Å². The SMILES string of the molecule is NC1N(N)C(=O)c2[nH]cnc2N1N. The van der Waals surface area contributed by atoms with Gasteiger partial charge in [-0.15, -0.1) is 0 Å². The zero-order valence-electron chi connectivity index (χ0n) is 6.64. The highest BCUT2D eigenvalue weighted by Gasteiger charge is 2.34. The number of nitrogens with one attached hydrogen (secondary N) is 1. The molecule has 8 heteroatoms. The fourth-order valence-corrected chi connectivity index (χ4v) is 1.15. The number of hydrazine groups is 2. The van der Waals surface area contributed by atoms with Gasteiger partial charge < -0.3 is 4.98 Å². The lowest BCUT2D eigenvalue weighted by Crippen LogP contribution is -2.65. The monoisotopic (exact) mass is 183 g/mol. The number of carbonyl (C=O) groups is 1. The maximum absolute atomic E-state index is 11.4. The van der Waals surface area contributed by atoms with Crippen LogP contribution in [-0.4, -0.2) is 27.2 Å². The third kappa shape index (κ3) is 0.900. The molecule has 2 rings (SSSR count). The normalized spacial score (nSPS) is 22.1. The lowest BCUT2D eigenvalue weighted by molar-refractivity contribution is 0.0648. The summed E-state index contributed by atoms with van der Waals surface area (Å²) in [5.74, 6) is 10.8. The molecule has 1 aromatic rings. The Morgan fingerprint density at radius 1 is 1.46 bits per heavy atom. The summed E-state index contributed by atoms with van der Waals surface area (Å²) in [6, 6.07) is 0. The van der Waals surface area contributed by atoms with Crippen molar-refractivity contribution < 1.29 is 4.79 Å². The van der Waals surface area contributed by atoms with Crippen LogP contribution < -0.4 is 22.4 Å². The molecule has 0 saturated heterocycles. The summed E-state index contributed by atoms with van der Waals surface area (Å²) in [5.41, 5.74) is 5.76. The molecule has 1 aromatic heterocycles. The first-order valence-electron chi connectivity index (χ1n) is 3.54. The third-order valence-corrected chi connectivity index (χ3v) is 1.88. The van der Waals surface area contributed by atoms with Gasteiger partial charge in [-0.2, -0.15) is 0 Å². The minimum Gasteiger partial charge on any atom is -0.339 e. The summed E-state index contributed by atoms with van der Waals surface area (Å²) < 4.78 is 0.